The predicted molar refractivity (Wildman–Crippen MR) is 289 cm³/mol. The van der Waals surface area contributed by atoms with E-state index in [1.165, 1.54) is 22.3 Å². The topological polar surface area (TPSA) is 314 Å². The molecule has 0 bridgehead atoms. The average Bonchev–Trinajstić information content (AvgIpc) is 4.22. The summed E-state index contributed by atoms with van der Waals surface area (Å²) in [7, 11) is 0. The van der Waals surface area contributed by atoms with Gasteiger partial charge in [0.15, 0.2) is 0 Å². The number of carboxylic acids is 2. The molecule has 8 unspecified atom stereocenters. The van der Waals surface area contributed by atoms with Gasteiger partial charge in [0.05, 0.1) is 11.1 Å². The molecular formula is C62H74Cl2N4O14Pt. The molecule has 4 fully saturated rings. The quantitative estimate of drug-likeness (QED) is 0.0897. The van der Waals surface area contributed by atoms with E-state index < -0.39 is 35.7 Å². The van der Waals surface area contributed by atoms with Gasteiger partial charge in [-0.05, 0) is 196 Å². The molecule has 10 rings (SSSR count). The van der Waals surface area contributed by atoms with Gasteiger partial charge in [-0.15, -0.1) is 0 Å². The molecule has 6 aliphatic rings. The second-order valence-electron chi connectivity index (χ2n) is 22.6. The first-order valence-electron chi connectivity index (χ1n) is 27.6. The molecule has 18 nitrogen and oxygen atoms in total. The van der Waals surface area contributed by atoms with E-state index in [1.807, 2.05) is 60.7 Å². The fourth-order valence-electron chi connectivity index (χ4n) is 14.4. The van der Waals surface area contributed by atoms with E-state index in [1.54, 1.807) is 24.3 Å². The van der Waals surface area contributed by atoms with Crippen LogP contribution in [0.2, 0.25) is 0 Å². The van der Waals surface area contributed by atoms with Gasteiger partial charge in [-0.3, -0.25) is 19.2 Å². The molecule has 83 heavy (non-hydrogen) atoms. The SMILES string of the molecule is C[C@@]12CCC3c4ccc(OC(=O)c5ccccc5)cc4CCC3C1CCC2OC(=O)CNC(=O)CCC(=O)[O-].C[C@@]12CCC3c4ccc(OC(=O)c5ccccc5)cc4CCC3C1CCC2OC(=O)CNC(=O)CCC(=O)[O-].N.N.[Cl-].[Cl-].[Pt+4]. The zero-order chi connectivity index (χ0) is 55.1. The molecule has 0 saturated heterocycles. The third-order valence-corrected chi connectivity index (χ3v) is 18.2. The van der Waals surface area contributed by atoms with Gasteiger partial charge >= 0.3 is 44.9 Å². The number of hydrogen-bond donors (Lipinski definition) is 4. The number of benzene rings is 4. The van der Waals surface area contributed by atoms with Crippen molar-refractivity contribution in [3.8, 4) is 11.5 Å². The van der Waals surface area contributed by atoms with Crippen LogP contribution < -0.4 is 67.4 Å². The van der Waals surface area contributed by atoms with E-state index in [-0.39, 0.29) is 132 Å². The van der Waals surface area contributed by atoms with Crippen LogP contribution >= 0.6 is 0 Å². The molecule has 4 aromatic carbocycles. The largest absolute Gasteiger partial charge is 4.00 e. The molecule has 21 heteroatoms. The summed E-state index contributed by atoms with van der Waals surface area (Å²) in [6, 6.07) is 30.0. The van der Waals surface area contributed by atoms with Crippen molar-refractivity contribution in [3.63, 3.8) is 0 Å². The van der Waals surface area contributed by atoms with Crippen LogP contribution in [0, 0.1) is 34.5 Å². The third kappa shape index (κ3) is 16.2. The predicted octanol–water partition coefficient (Wildman–Crippen LogP) is 0.970. The number of aliphatic carboxylic acids is 2. The van der Waals surface area contributed by atoms with E-state index in [9.17, 15) is 48.6 Å². The Morgan fingerprint density at radius 2 is 0.880 bits per heavy atom. The van der Waals surface area contributed by atoms with Gasteiger partial charge in [-0.1, -0.05) is 62.4 Å². The Morgan fingerprint density at radius 1 is 0.506 bits per heavy atom. The number of carbonyl (C=O) groups is 8. The van der Waals surface area contributed by atoms with Crippen molar-refractivity contribution in [2.45, 2.75) is 141 Å². The van der Waals surface area contributed by atoms with Crippen molar-refractivity contribution in [1.29, 1.82) is 0 Å². The third-order valence-electron chi connectivity index (χ3n) is 18.2. The van der Waals surface area contributed by atoms with Crippen LogP contribution in [0.5, 0.6) is 11.5 Å². The molecule has 4 saturated carbocycles. The molecule has 6 aliphatic carbocycles. The molecule has 0 aliphatic heterocycles. The Labute approximate surface area is 511 Å². The van der Waals surface area contributed by atoms with Crippen LogP contribution in [0.1, 0.15) is 159 Å². The maximum absolute atomic E-state index is 12.5. The van der Waals surface area contributed by atoms with Gasteiger partial charge in [0.1, 0.15) is 36.8 Å². The van der Waals surface area contributed by atoms with E-state index in [0.29, 0.717) is 58.1 Å². The monoisotopic (exact) mass is 1360 g/mol. The number of esters is 4. The minimum atomic E-state index is -1.30. The molecule has 10 atom stereocenters. The fourth-order valence-corrected chi connectivity index (χ4v) is 14.4. The summed E-state index contributed by atoms with van der Waals surface area (Å²) in [5.41, 5.74) is 5.99. The molecule has 4 aromatic rings. The number of carbonyl (C=O) groups excluding carboxylic acids is 8. The Bertz CT molecular complexity index is 2740. The maximum atomic E-state index is 12.5. The van der Waals surface area contributed by atoms with Gasteiger partial charge in [0.2, 0.25) is 11.8 Å². The van der Waals surface area contributed by atoms with Crippen molar-refractivity contribution >= 4 is 47.6 Å². The zero-order valence-electron chi connectivity index (χ0n) is 46.8. The molecule has 0 aromatic heterocycles. The number of aryl methyl sites for hydroxylation is 2. The summed E-state index contributed by atoms with van der Waals surface area (Å²) in [5, 5.41) is 25.9. The van der Waals surface area contributed by atoms with Crippen LogP contribution in [-0.2, 0) is 72.1 Å². The number of amides is 2. The fraction of sp³-hybridized carbons (Fsp3) is 0.484. The first-order chi connectivity index (χ1) is 37.5. The standard InChI is InChI=1S/2C31H35NO7.2ClH.2H3N.Pt/c2*1-31-16-15-23-22-10-8-21(38-30(37)19-5-3-2-4-6-19)17-20(22)7-9-24(23)25(31)11-12-26(31)39-29(36)18-32-27(33)13-14-28(34)35;;;;;/h2*2-6,8,10,17,23-26H,7,9,11-16,18H2,1H3,(H,32,33)(H,34,35);2*1H;2*1H3;/q;;;;;;+4/p-4/t2*23?,24?,25?,26?,31-;;;;;/m11...../s1. The zero-order valence-corrected chi connectivity index (χ0v) is 50.6. The van der Waals surface area contributed by atoms with Crippen molar-refractivity contribution in [1.82, 2.24) is 22.9 Å². The van der Waals surface area contributed by atoms with Gasteiger partial charge in [-0.2, -0.15) is 0 Å². The second kappa shape index (κ2) is 30.6. The Morgan fingerprint density at radius 3 is 1.24 bits per heavy atom. The first-order valence-corrected chi connectivity index (χ1v) is 27.6. The minimum absolute atomic E-state index is 0. The number of rotatable bonds is 16. The molecule has 0 spiro atoms. The average molecular weight is 1370 g/mol. The summed E-state index contributed by atoms with van der Waals surface area (Å²) in [6.45, 7) is 3.94. The van der Waals surface area contributed by atoms with Gasteiger partial charge in [-0.25, -0.2) is 9.59 Å². The smallest absolute Gasteiger partial charge is 1.00 e. The molecule has 0 radical (unpaired) electrons. The van der Waals surface area contributed by atoms with E-state index in [4.69, 9.17) is 18.9 Å². The molecule has 450 valence electrons. The summed E-state index contributed by atoms with van der Waals surface area (Å²) < 4.78 is 23.0. The van der Waals surface area contributed by atoms with Gasteiger partial charge < -0.3 is 86.5 Å². The Kier molecular flexibility index (Phi) is 25.5. The summed E-state index contributed by atoms with van der Waals surface area (Å²) in [4.78, 5) is 94.5. The van der Waals surface area contributed by atoms with Crippen LogP contribution in [0.25, 0.3) is 0 Å². The van der Waals surface area contributed by atoms with Crippen LogP contribution in [0.15, 0.2) is 97.1 Å². The Hall–Kier alpha value is -6.17. The Balaban J connectivity index is 0.000000336. The van der Waals surface area contributed by atoms with Crippen LogP contribution in [-0.4, -0.2) is 72.9 Å². The maximum Gasteiger partial charge on any atom is 4.00 e. The molecular weight excluding hydrogens is 1290 g/mol. The van der Waals surface area contributed by atoms with Crippen molar-refractivity contribution < 1.29 is 113 Å². The summed E-state index contributed by atoms with van der Waals surface area (Å²) >= 11 is 0. The molecule has 2 amide bonds. The normalized spacial score (nSPS) is 25.3. The van der Waals surface area contributed by atoms with Crippen molar-refractivity contribution in [3.05, 3.63) is 130 Å². The second-order valence-corrected chi connectivity index (χ2v) is 22.6. The van der Waals surface area contributed by atoms with E-state index in [0.717, 1.165) is 77.0 Å². The van der Waals surface area contributed by atoms with Crippen molar-refractivity contribution in [2.24, 2.45) is 34.5 Å². The number of fused-ring (bicyclic) bond motifs is 10. The summed E-state index contributed by atoms with van der Waals surface area (Å²) in [6.07, 6.45) is 9.81. The summed E-state index contributed by atoms with van der Waals surface area (Å²) in [5.74, 6) is -1.42. The molecule has 0 heterocycles. The number of carboxylic acid groups (broad SMARTS) is 2. The number of ether oxygens (including phenoxy) is 4. The first kappa shape index (κ1) is 69.3. The van der Waals surface area contributed by atoms with Crippen molar-refractivity contribution in [2.75, 3.05) is 13.1 Å². The number of hydrogen-bond acceptors (Lipinski definition) is 16. The van der Waals surface area contributed by atoms with Gasteiger partial charge in [0, 0.05) is 35.6 Å². The number of nitrogens with one attached hydrogen (secondary N) is 2. The van der Waals surface area contributed by atoms with E-state index in [2.05, 4.69) is 36.6 Å². The number of halogens is 2. The minimum Gasteiger partial charge on any atom is -1.00 e. The van der Waals surface area contributed by atoms with Gasteiger partial charge in [0.25, 0.3) is 0 Å². The van der Waals surface area contributed by atoms with Crippen LogP contribution in [0.3, 0.4) is 0 Å². The van der Waals surface area contributed by atoms with Crippen LogP contribution in [0.4, 0.5) is 0 Å². The molecule has 8 N–H and O–H groups in total. The van der Waals surface area contributed by atoms with E-state index >= 15 is 0 Å².